The van der Waals surface area contributed by atoms with Crippen molar-refractivity contribution in [2.75, 3.05) is 19.6 Å². The molecule has 2 aromatic heterocycles. The molecule has 2 rings (SSSR count). The van der Waals surface area contributed by atoms with Crippen molar-refractivity contribution in [1.82, 2.24) is 20.4 Å². The van der Waals surface area contributed by atoms with Gasteiger partial charge >= 0.3 is 0 Å². The number of hydrogen-bond acceptors (Lipinski definition) is 4. The molecule has 0 aromatic carbocycles. The molecule has 25 heavy (non-hydrogen) atoms. The lowest BCUT2D eigenvalue weighted by Gasteiger charge is -2.13. The largest absolute Gasteiger partial charge is 0.386 e. The Balaban J connectivity index is 1.80. The van der Waals surface area contributed by atoms with Crippen LogP contribution in [0.1, 0.15) is 35.7 Å². The van der Waals surface area contributed by atoms with Gasteiger partial charge in [-0.3, -0.25) is 9.67 Å². The van der Waals surface area contributed by atoms with E-state index in [2.05, 4.69) is 33.7 Å². The Kier molecular flexibility index (Phi) is 7.74. The summed E-state index contributed by atoms with van der Waals surface area (Å²) in [7, 11) is 0. The monoisotopic (exact) mass is 383 g/mol. The number of aliphatic imine (C=N–C) groups is 1. The summed E-state index contributed by atoms with van der Waals surface area (Å²) in [6.07, 6.45) is 0.304. The second kappa shape index (κ2) is 9.79. The molecule has 8 heteroatoms. The molecule has 0 saturated heterocycles. The fourth-order valence-electron chi connectivity index (χ4n) is 2.45. The van der Waals surface area contributed by atoms with E-state index >= 15 is 0 Å². The van der Waals surface area contributed by atoms with Crippen LogP contribution in [0.4, 0.5) is 0 Å². The van der Waals surface area contributed by atoms with E-state index in [0.29, 0.717) is 16.8 Å². The van der Waals surface area contributed by atoms with Gasteiger partial charge in [-0.1, -0.05) is 11.6 Å². The predicted octanol–water partition coefficient (Wildman–Crippen LogP) is 2.89. The van der Waals surface area contributed by atoms with Crippen molar-refractivity contribution >= 4 is 28.9 Å². The van der Waals surface area contributed by atoms with Crippen molar-refractivity contribution in [2.24, 2.45) is 4.99 Å². The molecule has 2 heterocycles. The van der Waals surface area contributed by atoms with E-state index in [9.17, 15) is 5.11 Å². The number of aliphatic hydroxyl groups excluding tert-OH is 1. The van der Waals surface area contributed by atoms with Crippen LogP contribution in [-0.2, 0) is 6.54 Å². The van der Waals surface area contributed by atoms with Crippen molar-refractivity contribution in [2.45, 2.75) is 39.8 Å². The van der Waals surface area contributed by atoms with E-state index in [-0.39, 0.29) is 0 Å². The summed E-state index contributed by atoms with van der Waals surface area (Å²) in [5.74, 6) is 0.706. The third kappa shape index (κ3) is 6.34. The lowest BCUT2D eigenvalue weighted by Crippen LogP contribution is -2.38. The van der Waals surface area contributed by atoms with Gasteiger partial charge < -0.3 is 15.7 Å². The highest BCUT2D eigenvalue weighted by Gasteiger charge is 2.10. The summed E-state index contributed by atoms with van der Waals surface area (Å²) in [5, 5.41) is 21.1. The molecule has 0 amide bonds. The first kappa shape index (κ1) is 19.8. The quantitative estimate of drug-likeness (QED) is 0.372. The highest BCUT2D eigenvalue weighted by atomic mass is 35.5. The Morgan fingerprint density at radius 2 is 2.20 bits per heavy atom. The lowest BCUT2D eigenvalue weighted by atomic mass is 10.3. The van der Waals surface area contributed by atoms with Gasteiger partial charge in [-0.2, -0.15) is 5.10 Å². The summed E-state index contributed by atoms with van der Waals surface area (Å²) in [4.78, 5) is 5.28. The first-order chi connectivity index (χ1) is 12.0. The molecular weight excluding hydrogens is 358 g/mol. The van der Waals surface area contributed by atoms with Crippen LogP contribution in [0.2, 0.25) is 4.34 Å². The zero-order valence-electron chi connectivity index (χ0n) is 14.9. The molecule has 0 saturated carbocycles. The number of halogens is 1. The summed E-state index contributed by atoms with van der Waals surface area (Å²) in [5.41, 5.74) is 2.22. The summed E-state index contributed by atoms with van der Waals surface area (Å²) >= 11 is 7.28. The number of nitrogens with one attached hydrogen (secondary N) is 2. The zero-order valence-corrected chi connectivity index (χ0v) is 16.5. The average molecular weight is 384 g/mol. The van der Waals surface area contributed by atoms with Crippen LogP contribution < -0.4 is 10.6 Å². The number of aliphatic hydroxyl groups is 1. The Labute approximate surface area is 157 Å². The van der Waals surface area contributed by atoms with Crippen LogP contribution >= 0.6 is 22.9 Å². The van der Waals surface area contributed by atoms with E-state index in [1.807, 2.05) is 24.6 Å². The molecule has 1 atom stereocenters. The van der Waals surface area contributed by atoms with Crippen molar-refractivity contribution in [3.8, 4) is 0 Å². The standard InChI is InChI=1S/C17H26ClN5OS/c1-4-19-17(21-11-14(24)15-6-7-16(18)25-15)20-8-5-9-23-13(3)10-12(2)22-23/h6-7,10,14,24H,4-5,8-9,11H2,1-3H3,(H2,19,20,21). The molecule has 0 aliphatic rings. The summed E-state index contributed by atoms with van der Waals surface area (Å²) in [6, 6.07) is 5.70. The molecule has 1 unspecified atom stereocenters. The van der Waals surface area contributed by atoms with Gasteiger partial charge in [-0.15, -0.1) is 11.3 Å². The van der Waals surface area contributed by atoms with Crippen LogP contribution in [0, 0.1) is 13.8 Å². The topological polar surface area (TPSA) is 74.5 Å². The maximum atomic E-state index is 10.2. The molecule has 2 aromatic rings. The molecule has 0 radical (unpaired) electrons. The molecular formula is C17H26ClN5OS. The van der Waals surface area contributed by atoms with Crippen LogP contribution in [0.3, 0.4) is 0 Å². The Morgan fingerprint density at radius 3 is 2.80 bits per heavy atom. The molecule has 0 aliphatic carbocycles. The Bertz CT molecular complexity index is 697. The first-order valence-electron chi connectivity index (χ1n) is 8.46. The van der Waals surface area contributed by atoms with Crippen LogP contribution in [0.25, 0.3) is 0 Å². The Morgan fingerprint density at radius 1 is 1.40 bits per heavy atom. The third-order valence-corrected chi connectivity index (χ3v) is 4.96. The third-order valence-electron chi connectivity index (χ3n) is 3.63. The number of aryl methyl sites for hydroxylation is 3. The normalized spacial score (nSPS) is 13.1. The molecule has 0 fully saturated rings. The van der Waals surface area contributed by atoms with Gasteiger partial charge in [0.1, 0.15) is 6.10 Å². The van der Waals surface area contributed by atoms with Gasteiger partial charge in [0.25, 0.3) is 0 Å². The Hall–Kier alpha value is -1.57. The van der Waals surface area contributed by atoms with Gasteiger partial charge in [0, 0.05) is 30.2 Å². The van der Waals surface area contributed by atoms with Crippen LogP contribution in [-0.4, -0.2) is 40.5 Å². The molecule has 0 bridgehead atoms. The van der Waals surface area contributed by atoms with Gasteiger partial charge in [0.15, 0.2) is 5.96 Å². The number of aromatic nitrogens is 2. The molecule has 0 aliphatic heterocycles. The SMILES string of the molecule is CCNC(=NCC(O)c1ccc(Cl)s1)NCCCn1nc(C)cc1C. The summed E-state index contributed by atoms with van der Waals surface area (Å²) in [6.45, 7) is 8.80. The molecule has 138 valence electrons. The molecule has 3 N–H and O–H groups in total. The summed E-state index contributed by atoms with van der Waals surface area (Å²) < 4.78 is 2.69. The van der Waals surface area contributed by atoms with E-state index < -0.39 is 6.10 Å². The van der Waals surface area contributed by atoms with E-state index in [1.54, 1.807) is 6.07 Å². The number of nitrogens with zero attached hydrogens (tertiary/aromatic N) is 3. The lowest BCUT2D eigenvalue weighted by molar-refractivity contribution is 0.191. The fourth-order valence-corrected chi connectivity index (χ4v) is 3.49. The zero-order chi connectivity index (χ0) is 18.2. The van der Waals surface area contributed by atoms with Crippen molar-refractivity contribution in [3.05, 3.63) is 38.8 Å². The maximum absolute atomic E-state index is 10.2. The number of thiophene rings is 1. The highest BCUT2D eigenvalue weighted by molar-refractivity contribution is 7.16. The minimum Gasteiger partial charge on any atom is -0.386 e. The maximum Gasteiger partial charge on any atom is 0.191 e. The second-order valence-electron chi connectivity index (χ2n) is 5.81. The van der Waals surface area contributed by atoms with Gasteiger partial charge in [-0.25, -0.2) is 0 Å². The minimum absolute atomic E-state index is 0.295. The van der Waals surface area contributed by atoms with E-state index in [1.165, 1.54) is 17.0 Å². The minimum atomic E-state index is -0.636. The van der Waals surface area contributed by atoms with E-state index in [0.717, 1.165) is 36.6 Å². The van der Waals surface area contributed by atoms with Crippen LogP contribution in [0.5, 0.6) is 0 Å². The van der Waals surface area contributed by atoms with Crippen LogP contribution in [0.15, 0.2) is 23.2 Å². The average Bonchev–Trinajstić information content (AvgIpc) is 3.14. The van der Waals surface area contributed by atoms with Gasteiger partial charge in [-0.05, 0) is 45.4 Å². The second-order valence-corrected chi connectivity index (χ2v) is 7.55. The number of guanidine groups is 1. The van der Waals surface area contributed by atoms with Crippen molar-refractivity contribution in [3.63, 3.8) is 0 Å². The van der Waals surface area contributed by atoms with Gasteiger partial charge in [0.05, 0.1) is 16.6 Å². The molecule has 0 spiro atoms. The predicted molar refractivity (Wildman–Crippen MR) is 105 cm³/mol. The fraction of sp³-hybridized carbons (Fsp3) is 0.529. The van der Waals surface area contributed by atoms with Crippen molar-refractivity contribution in [1.29, 1.82) is 0 Å². The highest BCUT2D eigenvalue weighted by Crippen LogP contribution is 2.26. The van der Waals surface area contributed by atoms with Crippen molar-refractivity contribution < 1.29 is 5.11 Å². The number of rotatable bonds is 8. The molecule has 6 nitrogen and oxygen atoms in total. The number of hydrogen-bond donors (Lipinski definition) is 3. The van der Waals surface area contributed by atoms with Gasteiger partial charge in [0.2, 0.25) is 0 Å². The van der Waals surface area contributed by atoms with E-state index in [4.69, 9.17) is 11.6 Å². The smallest absolute Gasteiger partial charge is 0.191 e. The first-order valence-corrected chi connectivity index (χ1v) is 9.65.